The third kappa shape index (κ3) is 4.49. The lowest BCUT2D eigenvalue weighted by Crippen LogP contribution is -2.40. The quantitative estimate of drug-likeness (QED) is 0.858. The maximum atomic E-state index is 4.56. The molecule has 0 aromatic carbocycles. The van der Waals surface area contributed by atoms with Gasteiger partial charge in [-0.15, -0.1) is 11.3 Å². The van der Waals surface area contributed by atoms with Gasteiger partial charge < -0.3 is 10.2 Å². The molecule has 0 saturated heterocycles. The van der Waals surface area contributed by atoms with Gasteiger partial charge >= 0.3 is 0 Å². The first-order valence-corrected chi connectivity index (χ1v) is 6.71. The minimum atomic E-state index is 0.193. The summed E-state index contributed by atoms with van der Waals surface area (Å²) in [5, 5.41) is 6.74. The van der Waals surface area contributed by atoms with E-state index in [1.54, 1.807) is 11.3 Å². The predicted octanol–water partition coefficient (Wildman–Crippen LogP) is 2.53. The lowest BCUT2D eigenvalue weighted by molar-refractivity contribution is 0.431. The molecule has 4 heteroatoms. The average molecular weight is 241 g/mol. The molecule has 92 valence electrons. The molecule has 0 amide bonds. The van der Waals surface area contributed by atoms with Crippen LogP contribution in [0.2, 0.25) is 0 Å². The molecule has 0 fully saturated rings. The molecule has 0 bridgehead atoms. The van der Waals surface area contributed by atoms with E-state index >= 15 is 0 Å². The lowest BCUT2D eigenvalue weighted by Gasteiger charge is -2.23. The van der Waals surface area contributed by atoms with E-state index in [4.69, 9.17) is 0 Å². The van der Waals surface area contributed by atoms with Crippen LogP contribution in [-0.2, 0) is 6.42 Å². The van der Waals surface area contributed by atoms with Crippen LogP contribution >= 0.6 is 11.3 Å². The largest absolute Gasteiger partial charge is 0.350 e. The van der Waals surface area contributed by atoms with E-state index in [2.05, 4.69) is 55.3 Å². The molecule has 1 N–H and O–H groups in total. The Hall–Kier alpha value is -0.610. The second-order valence-corrected chi connectivity index (χ2v) is 5.91. The predicted molar refractivity (Wildman–Crippen MR) is 72.5 cm³/mol. The summed E-state index contributed by atoms with van der Waals surface area (Å²) in [6.45, 7) is 10.7. The number of rotatable bonds is 5. The van der Waals surface area contributed by atoms with Crippen molar-refractivity contribution in [2.24, 2.45) is 0 Å². The Morgan fingerprint density at radius 1 is 1.44 bits per heavy atom. The third-order valence-corrected chi connectivity index (χ3v) is 3.33. The van der Waals surface area contributed by atoms with Crippen molar-refractivity contribution >= 4 is 16.5 Å². The Morgan fingerprint density at radius 2 is 2.12 bits per heavy atom. The topological polar surface area (TPSA) is 28.2 Å². The molecule has 3 nitrogen and oxygen atoms in total. The van der Waals surface area contributed by atoms with Gasteiger partial charge in [-0.3, -0.25) is 0 Å². The molecule has 0 spiro atoms. The Balaban J connectivity index is 2.37. The number of nitrogens with one attached hydrogen (secondary N) is 1. The van der Waals surface area contributed by atoms with Gasteiger partial charge in [-0.2, -0.15) is 0 Å². The van der Waals surface area contributed by atoms with Crippen molar-refractivity contribution < 1.29 is 0 Å². The number of aryl methyl sites for hydroxylation is 1. The Bertz CT molecular complexity index is 314. The summed E-state index contributed by atoms with van der Waals surface area (Å²) in [6.07, 6.45) is 1.02. The fraction of sp³-hybridized carbons (Fsp3) is 0.750. The number of likely N-dealkylation sites (N-methyl/N-ethyl adjacent to an activating group) is 1. The normalized spacial score (nSPS) is 11.8. The van der Waals surface area contributed by atoms with Crippen LogP contribution in [0.1, 0.15) is 33.4 Å². The zero-order valence-electron chi connectivity index (χ0n) is 11.0. The highest BCUT2D eigenvalue weighted by atomic mass is 32.1. The van der Waals surface area contributed by atoms with E-state index < -0.39 is 0 Å². The molecule has 0 saturated carbocycles. The summed E-state index contributed by atoms with van der Waals surface area (Å²) >= 11 is 1.73. The van der Waals surface area contributed by atoms with Gasteiger partial charge in [0.05, 0.1) is 5.69 Å². The molecule has 16 heavy (non-hydrogen) atoms. The molecule has 0 radical (unpaired) electrons. The summed E-state index contributed by atoms with van der Waals surface area (Å²) < 4.78 is 0. The van der Waals surface area contributed by atoms with Crippen LogP contribution < -0.4 is 10.2 Å². The van der Waals surface area contributed by atoms with Gasteiger partial charge in [0.2, 0.25) is 0 Å². The molecular formula is C12H23N3S. The van der Waals surface area contributed by atoms with E-state index in [1.807, 2.05) is 0 Å². The fourth-order valence-corrected chi connectivity index (χ4v) is 2.23. The molecule has 0 aliphatic heterocycles. The molecule has 0 atom stereocenters. The number of anilines is 1. The molecule has 1 rings (SSSR count). The van der Waals surface area contributed by atoms with Gasteiger partial charge in [0, 0.05) is 31.1 Å². The van der Waals surface area contributed by atoms with Gasteiger partial charge in [-0.25, -0.2) is 4.98 Å². The number of nitrogens with zero attached hydrogens (tertiary/aromatic N) is 2. The van der Waals surface area contributed by atoms with Gasteiger partial charge in [0.1, 0.15) is 0 Å². The van der Waals surface area contributed by atoms with Crippen molar-refractivity contribution in [3.8, 4) is 0 Å². The SMILES string of the molecule is CCc1csc(N(C)CCNC(C)(C)C)n1. The number of hydrogen-bond donors (Lipinski definition) is 1. The van der Waals surface area contributed by atoms with Gasteiger partial charge in [0.25, 0.3) is 0 Å². The van der Waals surface area contributed by atoms with Crippen LogP contribution in [0.4, 0.5) is 5.13 Å². The third-order valence-electron chi connectivity index (χ3n) is 2.33. The molecule has 1 aromatic heterocycles. The van der Waals surface area contributed by atoms with Crippen molar-refractivity contribution in [3.63, 3.8) is 0 Å². The smallest absolute Gasteiger partial charge is 0.185 e. The molecule has 0 aliphatic carbocycles. The molecule has 1 aromatic rings. The number of hydrogen-bond acceptors (Lipinski definition) is 4. The zero-order chi connectivity index (χ0) is 12.2. The standard InChI is InChI=1S/C12H23N3S/c1-6-10-9-16-11(14-10)15(5)8-7-13-12(2,3)4/h9,13H,6-8H2,1-5H3. The minimum Gasteiger partial charge on any atom is -0.350 e. The molecule has 0 unspecified atom stereocenters. The maximum absolute atomic E-state index is 4.56. The summed E-state index contributed by atoms with van der Waals surface area (Å²) in [4.78, 5) is 6.77. The maximum Gasteiger partial charge on any atom is 0.185 e. The van der Waals surface area contributed by atoms with Crippen molar-refractivity contribution in [2.75, 3.05) is 25.0 Å². The van der Waals surface area contributed by atoms with E-state index in [-0.39, 0.29) is 5.54 Å². The number of aromatic nitrogens is 1. The fourth-order valence-electron chi connectivity index (χ4n) is 1.33. The summed E-state index contributed by atoms with van der Waals surface area (Å²) in [5.74, 6) is 0. The first kappa shape index (κ1) is 13.5. The minimum absolute atomic E-state index is 0.193. The van der Waals surface area contributed by atoms with Crippen LogP contribution in [0, 0.1) is 0 Å². The van der Waals surface area contributed by atoms with Crippen LogP contribution in [0.25, 0.3) is 0 Å². The lowest BCUT2D eigenvalue weighted by atomic mass is 10.1. The Morgan fingerprint density at radius 3 is 2.62 bits per heavy atom. The van der Waals surface area contributed by atoms with Crippen LogP contribution in [0.15, 0.2) is 5.38 Å². The Labute approximate surface area is 103 Å². The highest BCUT2D eigenvalue weighted by molar-refractivity contribution is 7.13. The Kier molecular flexibility index (Phi) is 4.74. The average Bonchev–Trinajstić information content (AvgIpc) is 2.63. The van der Waals surface area contributed by atoms with Crippen molar-refractivity contribution in [3.05, 3.63) is 11.1 Å². The van der Waals surface area contributed by atoms with Crippen LogP contribution in [0.5, 0.6) is 0 Å². The van der Waals surface area contributed by atoms with Gasteiger partial charge in [-0.05, 0) is 27.2 Å². The molecule has 1 heterocycles. The monoisotopic (exact) mass is 241 g/mol. The molecule has 0 aliphatic rings. The van der Waals surface area contributed by atoms with E-state index in [0.29, 0.717) is 0 Å². The van der Waals surface area contributed by atoms with Crippen molar-refractivity contribution in [1.82, 2.24) is 10.3 Å². The van der Waals surface area contributed by atoms with Crippen LogP contribution in [-0.4, -0.2) is 30.7 Å². The zero-order valence-corrected chi connectivity index (χ0v) is 11.8. The van der Waals surface area contributed by atoms with Crippen molar-refractivity contribution in [1.29, 1.82) is 0 Å². The summed E-state index contributed by atoms with van der Waals surface area (Å²) in [6, 6.07) is 0. The molecular weight excluding hydrogens is 218 g/mol. The van der Waals surface area contributed by atoms with E-state index in [0.717, 1.165) is 24.6 Å². The second-order valence-electron chi connectivity index (χ2n) is 5.07. The van der Waals surface area contributed by atoms with Gasteiger partial charge in [-0.1, -0.05) is 6.92 Å². The highest BCUT2D eigenvalue weighted by Gasteiger charge is 2.10. The highest BCUT2D eigenvalue weighted by Crippen LogP contribution is 2.19. The summed E-state index contributed by atoms with van der Waals surface area (Å²) in [7, 11) is 2.10. The first-order chi connectivity index (χ1) is 7.42. The first-order valence-electron chi connectivity index (χ1n) is 5.83. The number of thiazole rings is 1. The van der Waals surface area contributed by atoms with E-state index in [9.17, 15) is 0 Å². The van der Waals surface area contributed by atoms with E-state index in [1.165, 1.54) is 5.69 Å². The van der Waals surface area contributed by atoms with Gasteiger partial charge in [0.15, 0.2) is 5.13 Å². The van der Waals surface area contributed by atoms with Crippen molar-refractivity contribution in [2.45, 2.75) is 39.7 Å². The summed E-state index contributed by atoms with van der Waals surface area (Å²) in [5.41, 5.74) is 1.38. The van der Waals surface area contributed by atoms with Crippen LogP contribution in [0.3, 0.4) is 0 Å². The second kappa shape index (κ2) is 5.64.